The second-order valence-corrected chi connectivity index (χ2v) is 9.10. The summed E-state index contributed by atoms with van der Waals surface area (Å²) in [7, 11) is 0. The number of rotatable bonds is 6. The third-order valence-corrected chi connectivity index (χ3v) is 6.36. The van der Waals surface area contributed by atoms with Crippen molar-refractivity contribution in [2.24, 2.45) is 0 Å². The maximum atomic E-state index is 13.1. The largest absolute Gasteiger partial charge is 0.348 e. The molecule has 0 spiro atoms. The van der Waals surface area contributed by atoms with E-state index in [1.807, 2.05) is 51.1 Å². The van der Waals surface area contributed by atoms with Crippen LogP contribution in [0.1, 0.15) is 65.2 Å². The highest BCUT2D eigenvalue weighted by Crippen LogP contribution is 2.24. The van der Waals surface area contributed by atoms with Crippen molar-refractivity contribution in [3.05, 3.63) is 58.7 Å². The second kappa shape index (κ2) is 9.60. The highest BCUT2D eigenvalue weighted by Gasteiger charge is 2.24. The van der Waals surface area contributed by atoms with Crippen LogP contribution in [0.4, 0.5) is 0 Å². The number of aryl methyl sites for hydroxylation is 3. The van der Waals surface area contributed by atoms with Gasteiger partial charge in [-0.2, -0.15) is 0 Å². The highest BCUT2D eigenvalue weighted by atomic mass is 32.2. The summed E-state index contributed by atoms with van der Waals surface area (Å²) >= 11 is 1.49. The van der Waals surface area contributed by atoms with Gasteiger partial charge in [-0.1, -0.05) is 53.9 Å². The summed E-state index contributed by atoms with van der Waals surface area (Å²) < 4.78 is 1.75. The molecule has 0 unspecified atom stereocenters. The van der Waals surface area contributed by atoms with Crippen LogP contribution < -0.4 is 5.32 Å². The minimum absolute atomic E-state index is 0.151. The Morgan fingerprint density at radius 1 is 1.06 bits per heavy atom. The molecule has 2 heterocycles. The van der Waals surface area contributed by atoms with Crippen molar-refractivity contribution in [3.63, 3.8) is 0 Å². The van der Waals surface area contributed by atoms with E-state index >= 15 is 0 Å². The zero-order chi connectivity index (χ0) is 21.8. The van der Waals surface area contributed by atoms with E-state index in [9.17, 15) is 4.79 Å². The lowest BCUT2D eigenvalue weighted by Gasteiger charge is -2.22. The number of benzene rings is 1. The van der Waals surface area contributed by atoms with E-state index in [1.54, 1.807) is 4.68 Å². The van der Waals surface area contributed by atoms with Gasteiger partial charge in [-0.3, -0.25) is 4.79 Å². The number of carbonyl (C=O) groups is 1. The van der Waals surface area contributed by atoms with Crippen molar-refractivity contribution in [1.82, 2.24) is 30.3 Å². The van der Waals surface area contributed by atoms with Crippen LogP contribution in [0, 0.1) is 20.8 Å². The average molecular weight is 437 g/mol. The fourth-order valence-corrected chi connectivity index (χ4v) is 4.83. The van der Waals surface area contributed by atoms with Crippen LogP contribution in [0.5, 0.6) is 0 Å². The maximum absolute atomic E-state index is 13.1. The molecule has 1 aromatic carbocycles. The molecule has 162 valence electrons. The molecule has 1 amide bonds. The second-order valence-electron chi connectivity index (χ2n) is 8.16. The molecule has 0 aliphatic heterocycles. The molecule has 1 N–H and O–H groups in total. The van der Waals surface area contributed by atoms with Gasteiger partial charge in [0, 0.05) is 23.2 Å². The molecule has 1 fully saturated rings. The van der Waals surface area contributed by atoms with Crippen LogP contribution in [0.25, 0.3) is 5.69 Å². The number of carbonyl (C=O) groups excluding carboxylic acids is 1. The Labute approximate surface area is 187 Å². The fourth-order valence-electron chi connectivity index (χ4n) is 3.89. The molecule has 0 bridgehead atoms. The van der Waals surface area contributed by atoms with E-state index in [4.69, 9.17) is 0 Å². The minimum Gasteiger partial charge on any atom is -0.348 e. The predicted octanol–water partition coefficient (Wildman–Crippen LogP) is 4.34. The van der Waals surface area contributed by atoms with Crippen molar-refractivity contribution < 1.29 is 4.79 Å². The Bertz CT molecular complexity index is 1040. The maximum Gasteiger partial charge on any atom is 0.274 e. The molecule has 31 heavy (non-hydrogen) atoms. The molecule has 1 saturated carbocycles. The number of nitrogens with zero attached hydrogens (tertiary/aromatic N) is 5. The standard InChI is InChI=1S/C23H28N6OS/c1-15-9-11-19(12-10-15)29-20(14-31-23-24-16(2)13-17(3)25-23)21(27-28-29)22(30)26-18-7-5-4-6-8-18/h9-13,18H,4-8,14H2,1-3H3,(H,26,30). The summed E-state index contributed by atoms with van der Waals surface area (Å²) in [6, 6.07) is 10.2. The van der Waals surface area contributed by atoms with Gasteiger partial charge >= 0.3 is 0 Å². The lowest BCUT2D eigenvalue weighted by atomic mass is 9.95. The summed E-state index contributed by atoms with van der Waals surface area (Å²) in [6.07, 6.45) is 5.62. The zero-order valence-electron chi connectivity index (χ0n) is 18.3. The van der Waals surface area contributed by atoms with Gasteiger partial charge in [0.05, 0.1) is 11.4 Å². The summed E-state index contributed by atoms with van der Waals surface area (Å²) in [5.41, 5.74) is 5.03. The molecule has 3 aromatic rings. The van der Waals surface area contributed by atoms with Crippen molar-refractivity contribution in [3.8, 4) is 5.69 Å². The molecule has 8 heteroatoms. The normalized spacial score (nSPS) is 14.5. The van der Waals surface area contributed by atoms with Crippen molar-refractivity contribution in [2.45, 2.75) is 69.8 Å². The summed E-state index contributed by atoms with van der Waals surface area (Å²) in [4.78, 5) is 22.1. The van der Waals surface area contributed by atoms with E-state index in [0.29, 0.717) is 16.6 Å². The Morgan fingerprint density at radius 2 is 1.74 bits per heavy atom. The molecule has 0 saturated heterocycles. The van der Waals surface area contributed by atoms with Crippen LogP contribution in [-0.4, -0.2) is 36.9 Å². The van der Waals surface area contributed by atoms with Crippen molar-refractivity contribution >= 4 is 17.7 Å². The number of hydrogen-bond acceptors (Lipinski definition) is 6. The highest BCUT2D eigenvalue weighted by molar-refractivity contribution is 7.98. The molecule has 2 aromatic heterocycles. The van der Waals surface area contributed by atoms with Crippen LogP contribution >= 0.6 is 11.8 Å². The summed E-state index contributed by atoms with van der Waals surface area (Å²) in [5, 5.41) is 12.5. The Hall–Kier alpha value is -2.74. The summed E-state index contributed by atoms with van der Waals surface area (Å²) in [5.74, 6) is 0.346. The number of thioether (sulfide) groups is 1. The Morgan fingerprint density at radius 3 is 2.42 bits per heavy atom. The minimum atomic E-state index is -0.151. The van der Waals surface area contributed by atoms with E-state index in [-0.39, 0.29) is 11.9 Å². The SMILES string of the molecule is Cc1ccc(-n2nnc(C(=O)NC3CCCCC3)c2CSc2nc(C)cc(C)n2)cc1. The Kier molecular flexibility index (Phi) is 6.65. The molecule has 1 aliphatic rings. The van der Waals surface area contributed by atoms with E-state index in [1.165, 1.54) is 23.7 Å². The lowest BCUT2D eigenvalue weighted by Crippen LogP contribution is -2.36. The van der Waals surface area contributed by atoms with Crippen molar-refractivity contribution in [1.29, 1.82) is 0 Å². The fraction of sp³-hybridized carbons (Fsp3) is 0.435. The van der Waals surface area contributed by atoms with Crippen LogP contribution in [0.2, 0.25) is 0 Å². The van der Waals surface area contributed by atoms with Crippen LogP contribution in [0.3, 0.4) is 0 Å². The van der Waals surface area contributed by atoms with Crippen molar-refractivity contribution in [2.75, 3.05) is 0 Å². The molecular weight excluding hydrogens is 408 g/mol. The first-order valence-corrected chi connectivity index (χ1v) is 11.8. The van der Waals surface area contributed by atoms with E-state index in [2.05, 4.69) is 25.6 Å². The lowest BCUT2D eigenvalue weighted by molar-refractivity contribution is 0.0922. The third kappa shape index (κ3) is 5.31. The van der Waals surface area contributed by atoms with Gasteiger partial charge in [0.1, 0.15) is 0 Å². The molecule has 0 atom stereocenters. The first-order valence-electron chi connectivity index (χ1n) is 10.8. The molecule has 1 aliphatic carbocycles. The van der Waals surface area contributed by atoms with Gasteiger partial charge in [-0.05, 0) is 51.8 Å². The predicted molar refractivity (Wildman–Crippen MR) is 122 cm³/mol. The van der Waals surface area contributed by atoms with Gasteiger partial charge in [-0.15, -0.1) is 5.10 Å². The zero-order valence-corrected chi connectivity index (χ0v) is 19.1. The van der Waals surface area contributed by atoms with Crippen LogP contribution in [0.15, 0.2) is 35.5 Å². The molecule has 4 rings (SSSR count). The Balaban J connectivity index is 1.62. The van der Waals surface area contributed by atoms with E-state index < -0.39 is 0 Å². The van der Waals surface area contributed by atoms with Gasteiger partial charge in [0.2, 0.25) is 0 Å². The topological polar surface area (TPSA) is 85.6 Å². The molecular formula is C23H28N6OS. The van der Waals surface area contributed by atoms with E-state index in [0.717, 1.165) is 48.5 Å². The molecule has 7 nitrogen and oxygen atoms in total. The quantitative estimate of drug-likeness (QED) is 0.457. The number of aromatic nitrogens is 5. The van der Waals surface area contributed by atoms with Gasteiger partial charge < -0.3 is 5.32 Å². The van der Waals surface area contributed by atoms with Gasteiger partial charge in [0.15, 0.2) is 10.9 Å². The van der Waals surface area contributed by atoms with Gasteiger partial charge in [0.25, 0.3) is 5.91 Å². The van der Waals surface area contributed by atoms with Crippen LogP contribution in [-0.2, 0) is 5.75 Å². The smallest absolute Gasteiger partial charge is 0.274 e. The number of amides is 1. The first kappa shape index (κ1) is 21.5. The first-order chi connectivity index (χ1) is 15.0. The number of nitrogens with one attached hydrogen (secondary N) is 1. The third-order valence-electron chi connectivity index (χ3n) is 5.50. The monoisotopic (exact) mass is 436 g/mol. The average Bonchev–Trinajstić information content (AvgIpc) is 3.17. The van der Waals surface area contributed by atoms with Gasteiger partial charge in [-0.25, -0.2) is 14.6 Å². The number of hydrogen-bond donors (Lipinski definition) is 1. The summed E-state index contributed by atoms with van der Waals surface area (Å²) in [6.45, 7) is 5.96. The molecule has 0 radical (unpaired) electrons.